The first-order valence-electron chi connectivity index (χ1n) is 12.7. The molecule has 0 aliphatic carbocycles. The van der Waals surface area contributed by atoms with E-state index in [1.165, 1.54) is 0 Å². The predicted molar refractivity (Wildman–Crippen MR) is 159 cm³/mol. The van der Waals surface area contributed by atoms with Crippen LogP contribution in [0.25, 0.3) is 11.1 Å². The normalized spacial score (nSPS) is 11.4. The van der Waals surface area contributed by atoms with Gasteiger partial charge in [-0.25, -0.2) is 4.79 Å². The number of hydrogen-bond donors (Lipinski definition) is 3. The molecular formula is C32H32N2O4S. The van der Waals surface area contributed by atoms with E-state index in [4.69, 9.17) is 4.74 Å². The summed E-state index contributed by atoms with van der Waals surface area (Å²) in [5.74, 6) is 0.753. The van der Waals surface area contributed by atoms with Crippen LogP contribution in [-0.4, -0.2) is 35.0 Å². The summed E-state index contributed by atoms with van der Waals surface area (Å²) in [5.41, 5.74) is 5.11. The summed E-state index contributed by atoms with van der Waals surface area (Å²) in [6.07, 6.45) is 2.27. The van der Waals surface area contributed by atoms with Gasteiger partial charge in [0.2, 0.25) is 0 Å². The van der Waals surface area contributed by atoms with Gasteiger partial charge in [0, 0.05) is 17.8 Å². The van der Waals surface area contributed by atoms with E-state index in [2.05, 4.69) is 10.6 Å². The average Bonchev–Trinajstić information content (AvgIpc) is 2.95. The number of ether oxygens (including phenoxy) is 1. The van der Waals surface area contributed by atoms with Crippen LogP contribution in [0.3, 0.4) is 0 Å². The molecule has 3 N–H and O–H groups in total. The number of carbonyl (C=O) groups is 2. The molecule has 0 saturated carbocycles. The number of para-hydroxylation sites is 1. The number of carboxylic acid groups (broad SMARTS) is 1. The topological polar surface area (TPSA) is 87.7 Å². The van der Waals surface area contributed by atoms with Crippen LogP contribution < -0.4 is 15.4 Å². The lowest BCUT2D eigenvalue weighted by Crippen LogP contribution is -2.41. The molecule has 0 fully saturated rings. The Morgan fingerprint density at radius 2 is 1.56 bits per heavy atom. The minimum Gasteiger partial charge on any atom is -0.480 e. The van der Waals surface area contributed by atoms with Crippen molar-refractivity contribution < 1.29 is 19.4 Å². The highest BCUT2D eigenvalue weighted by atomic mass is 32.2. The fraction of sp³-hybridized carbons (Fsp3) is 0.188. The number of aryl methyl sites for hydroxylation is 1. The van der Waals surface area contributed by atoms with E-state index in [1.807, 2.05) is 104 Å². The summed E-state index contributed by atoms with van der Waals surface area (Å²) in [6.45, 7) is 2.55. The molecule has 0 spiro atoms. The van der Waals surface area contributed by atoms with E-state index >= 15 is 0 Å². The maximum Gasteiger partial charge on any atom is 0.326 e. The second kappa shape index (κ2) is 13.5. The smallest absolute Gasteiger partial charge is 0.326 e. The number of aliphatic carboxylic acids is 1. The molecular weight excluding hydrogens is 508 g/mol. The van der Waals surface area contributed by atoms with Gasteiger partial charge in [-0.15, -0.1) is 0 Å². The van der Waals surface area contributed by atoms with Crippen LogP contribution in [0.1, 0.15) is 27.9 Å². The predicted octanol–water partition coefficient (Wildman–Crippen LogP) is 7.00. The maximum absolute atomic E-state index is 13.3. The van der Waals surface area contributed by atoms with Crippen LogP contribution in [0.5, 0.6) is 11.5 Å². The van der Waals surface area contributed by atoms with Crippen molar-refractivity contribution in [3.63, 3.8) is 0 Å². The van der Waals surface area contributed by atoms with Crippen LogP contribution >= 0.6 is 11.8 Å². The van der Waals surface area contributed by atoms with Crippen molar-refractivity contribution in [3.8, 4) is 22.6 Å². The summed E-state index contributed by atoms with van der Waals surface area (Å²) in [4.78, 5) is 25.0. The minimum absolute atomic E-state index is 0.360. The molecule has 4 aromatic rings. The Morgan fingerprint density at radius 3 is 2.26 bits per heavy atom. The number of carbonyl (C=O) groups excluding carboxylic acids is 1. The third kappa shape index (κ3) is 7.65. The maximum atomic E-state index is 13.3. The minimum atomic E-state index is -1.03. The number of thioether (sulfide) groups is 1. The lowest BCUT2D eigenvalue weighted by molar-refractivity contribution is -0.139. The quantitative estimate of drug-likeness (QED) is 0.179. The number of benzene rings is 4. The number of anilines is 1. The molecule has 0 aliphatic heterocycles. The largest absolute Gasteiger partial charge is 0.480 e. The van der Waals surface area contributed by atoms with Crippen molar-refractivity contribution in [2.24, 2.45) is 0 Å². The van der Waals surface area contributed by atoms with Crippen LogP contribution in [0.15, 0.2) is 97.1 Å². The number of amides is 1. The van der Waals surface area contributed by atoms with Gasteiger partial charge in [0.1, 0.15) is 17.5 Å². The van der Waals surface area contributed by atoms with E-state index < -0.39 is 17.9 Å². The molecule has 0 heterocycles. The van der Waals surface area contributed by atoms with Gasteiger partial charge in [-0.1, -0.05) is 48.5 Å². The molecule has 1 amide bonds. The van der Waals surface area contributed by atoms with Gasteiger partial charge in [0.05, 0.1) is 0 Å². The Labute approximate surface area is 233 Å². The summed E-state index contributed by atoms with van der Waals surface area (Å²) in [7, 11) is 0. The highest BCUT2D eigenvalue weighted by molar-refractivity contribution is 7.98. The fourth-order valence-corrected chi connectivity index (χ4v) is 4.67. The lowest BCUT2D eigenvalue weighted by atomic mass is 9.93. The zero-order chi connectivity index (χ0) is 27.6. The van der Waals surface area contributed by atoms with Crippen LogP contribution in [0.4, 0.5) is 5.69 Å². The van der Waals surface area contributed by atoms with Crippen LogP contribution in [0, 0.1) is 6.92 Å². The van der Waals surface area contributed by atoms with Gasteiger partial charge in [-0.3, -0.25) is 4.79 Å². The SMILES string of the molecule is CSCCC(NC(=O)c1ccc(CNc2ccc(Oc3ccccc3)cc2)cc1-c1ccccc1C)C(=O)O. The molecule has 0 bridgehead atoms. The van der Waals surface area contributed by atoms with Gasteiger partial charge in [0.25, 0.3) is 5.91 Å². The van der Waals surface area contributed by atoms with E-state index in [1.54, 1.807) is 17.8 Å². The van der Waals surface area contributed by atoms with Crippen molar-refractivity contribution in [1.29, 1.82) is 0 Å². The Hall–Kier alpha value is -4.23. The summed E-state index contributed by atoms with van der Waals surface area (Å²) < 4.78 is 5.87. The Morgan fingerprint density at radius 1 is 0.872 bits per heavy atom. The van der Waals surface area contributed by atoms with Crippen LogP contribution in [0.2, 0.25) is 0 Å². The van der Waals surface area contributed by atoms with Crippen molar-refractivity contribution in [2.45, 2.75) is 25.9 Å². The molecule has 39 heavy (non-hydrogen) atoms. The summed E-state index contributed by atoms with van der Waals surface area (Å²) >= 11 is 1.55. The number of carboxylic acids is 1. The van der Waals surface area contributed by atoms with E-state index in [9.17, 15) is 14.7 Å². The second-order valence-electron chi connectivity index (χ2n) is 9.13. The Kier molecular flexibility index (Phi) is 9.64. The molecule has 6 nitrogen and oxygen atoms in total. The summed E-state index contributed by atoms with van der Waals surface area (Å²) in [5, 5.41) is 15.7. The lowest BCUT2D eigenvalue weighted by Gasteiger charge is -2.18. The van der Waals surface area contributed by atoms with Crippen LogP contribution in [-0.2, 0) is 11.3 Å². The van der Waals surface area contributed by atoms with E-state index in [0.29, 0.717) is 24.3 Å². The molecule has 4 rings (SSSR count). The number of nitrogens with one attached hydrogen (secondary N) is 2. The van der Waals surface area contributed by atoms with E-state index in [0.717, 1.165) is 39.4 Å². The average molecular weight is 541 g/mol. The molecule has 0 radical (unpaired) electrons. The molecule has 1 atom stereocenters. The molecule has 0 aliphatic rings. The van der Waals surface area contributed by atoms with Crippen molar-refractivity contribution >= 4 is 29.3 Å². The highest BCUT2D eigenvalue weighted by Gasteiger charge is 2.22. The fourth-order valence-electron chi connectivity index (χ4n) is 4.20. The zero-order valence-electron chi connectivity index (χ0n) is 22.0. The first-order chi connectivity index (χ1) is 18.9. The van der Waals surface area contributed by atoms with Crippen molar-refractivity contribution in [3.05, 3.63) is 114 Å². The van der Waals surface area contributed by atoms with Gasteiger partial charge < -0.3 is 20.5 Å². The Balaban J connectivity index is 1.52. The number of hydrogen-bond acceptors (Lipinski definition) is 5. The first kappa shape index (κ1) is 27.8. The monoisotopic (exact) mass is 540 g/mol. The molecule has 1 unspecified atom stereocenters. The molecule has 7 heteroatoms. The number of rotatable bonds is 12. The zero-order valence-corrected chi connectivity index (χ0v) is 22.8. The third-order valence-electron chi connectivity index (χ3n) is 6.31. The van der Waals surface area contributed by atoms with Crippen molar-refractivity contribution in [2.75, 3.05) is 17.3 Å². The Bertz CT molecular complexity index is 1410. The standard InChI is InChI=1S/C32H32N2O4S/c1-22-8-6-7-11-27(22)29-20-23(12-17-28(29)31(35)34-30(32(36)37)18-19-39-2)21-33-24-13-15-26(16-14-24)38-25-9-4-3-5-10-25/h3-17,20,30,33H,18-19,21H2,1-2H3,(H,34,35)(H,36,37). The molecule has 0 aromatic heterocycles. The molecule has 4 aromatic carbocycles. The first-order valence-corrected chi connectivity index (χ1v) is 14.1. The summed E-state index contributed by atoms with van der Waals surface area (Å²) in [6, 6.07) is 30.0. The van der Waals surface area contributed by atoms with Gasteiger partial charge >= 0.3 is 5.97 Å². The second-order valence-corrected chi connectivity index (χ2v) is 10.1. The molecule has 200 valence electrons. The van der Waals surface area contributed by atoms with Gasteiger partial charge in [0.15, 0.2) is 0 Å². The molecule has 0 saturated heterocycles. The van der Waals surface area contributed by atoms with Crippen molar-refractivity contribution in [1.82, 2.24) is 5.32 Å². The third-order valence-corrected chi connectivity index (χ3v) is 6.95. The van der Waals surface area contributed by atoms with Gasteiger partial charge in [-0.05, 0) is 96.1 Å². The van der Waals surface area contributed by atoms with Gasteiger partial charge in [-0.2, -0.15) is 11.8 Å². The highest BCUT2D eigenvalue weighted by Crippen LogP contribution is 2.29. The van der Waals surface area contributed by atoms with E-state index in [-0.39, 0.29) is 0 Å².